The third-order valence-corrected chi connectivity index (χ3v) is 3.73. The first kappa shape index (κ1) is 15.0. The average molecular weight is 338 g/mol. The fourth-order valence-electron chi connectivity index (χ4n) is 2.18. The number of benzene rings is 2. The Morgan fingerprint density at radius 3 is 2.65 bits per heavy atom. The zero-order valence-electron chi connectivity index (χ0n) is 11.5. The maximum atomic E-state index is 13.9. The van der Waals surface area contributed by atoms with Crippen LogP contribution in [-0.4, -0.2) is 7.11 Å². The lowest BCUT2D eigenvalue weighted by atomic mass is 9.97. The normalized spacial score (nSPS) is 12.2. The van der Waals surface area contributed by atoms with Crippen LogP contribution in [-0.2, 0) is 6.42 Å². The van der Waals surface area contributed by atoms with Gasteiger partial charge in [0.15, 0.2) is 0 Å². The number of hydrogen-bond donors (Lipinski definition) is 1. The van der Waals surface area contributed by atoms with Crippen molar-refractivity contribution in [2.24, 2.45) is 5.73 Å². The van der Waals surface area contributed by atoms with Gasteiger partial charge in [-0.1, -0.05) is 39.7 Å². The fourth-order valence-corrected chi connectivity index (χ4v) is 2.51. The van der Waals surface area contributed by atoms with Crippen molar-refractivity contribution >= 4 is 15.9 Å². The molecule has 20 heavy (non-hydrogen) atoms. The van der Waals surface area contributed by atoms with Gasteiger partial charge in [-0.25, -0.2) is 4.39 Å². The van der Waals surface area contributed by atoms with Gasteiger partial charge in [-0.3, -0.25) is 0 Å². The van der Waals surface area contributed by atoms with Gasteiger partial charge in [0.1, 0.15) is 11.6 Å². The minimum absolute atomic E-state index is 0.249. The molecule has 0 radical (unpaired) electrons. The first-order valence-electron chi connectivity index (χ1n) is 6.35. The summed E-state index contributed by atoms with van der Waals surface area (Å²) in [6.45, 7) is 2.00. The minimum atomic E-state index is -0.305. The molecule has 0 aliphatic carbocycles. The van der Waals surface area contributed by atoms with Crippen LogP contribution in [0.1, 0.15) is 22.7 Å². The van der Waals surface area contributed by atoms with E-state index in [-0.39, 0.29) is 11.9 Å². The van der Waals surface area contributed by atoms with Gasteiger partial charge < -0.3 is 10.5 Å². The molecule has 0 fully saturated rings. The van der Waals surface area contributed by atoms with Crippen LogP contribution in [0, 0.1) is 12.7 Å². The van der Waals surface area contributed by atoms with Crippen LogP contribution >= 0.6 is 15.9 Å². The van der Waals surface area contributed by atoms with Gasteiger partial charge in [-0.05, 0) is 37.1 Å². The first-order chi connectivity index (χ1) is 9.51. The Kier molecular flexibility index (Phi) is 4.78. The van der Waals surface area contributed by atoms with Crippen molar-refractivity contribution in [1.82, 2.24) is 0 Å². The van der Waals surface area contributed by atoms with Crippen molar-refractivity contribution in [2.75, 3.05) is 7.11 Å². The van der Waals surface area contributed by atoms with E-state index in [0.717, 1.165) is 21.3 Å². The Balaban J connectivity index is 2.27. The van der Waals surface area contributed by atoms with Gasteiger partial charge in [-0.2, -0.15) is 0 Å². The van der Waals surface area contributed by atoms with Crippen molar-refractivity contribution < 1.29 is 9.13 Å². The molecule has 0 aliphatic heterocycles. The highest BCUT2D eigenvalue weighted by Gasteiger charge is 2.15. The van der Waals surface area contributed by atoms with Crippen LogP contribution in [0.3, 0.4) is 0 Å². The molecule has 4 heteroatoms. The van der Waals surface area contributed by atoms with E-state index in [1.807, 2.05) is 31.2 Å². The second-order valence-corrected chi connectivity index (χ2v) is 5.71. The largest absolute Gasteiger partial charge is 0.496 e. The molecule has 2 rings (SSSR count). The highest BCUT2D eigenvalue weighted by molar-refractivity contribution is 9.10. The molecule has 2 aromatic carbocycles. The SMILES string of the molecule is COc1ccc(C)cc1C(N)Cc1ccc(Br)cc1F. The van der Waals surface area contributed by atoms with Gasteiger partial charge in [-0.15, -0.1) is 0 Å². The predicted octanol–water partition coefficient (Wildman–Crippen LogP) is 4.15. The van der Waals surface area contributed by atoms with Crippen LogP contribution in [0.15, 0.2) is 40.9 Å². The van der Waals surface area contributed by atoms with Crippen LogP contribution in [0.4, 0.5) is 4.39 Å². The van der Waals surface area contributed by atoms with E-state index >= 15 is 0 Å². The van der Waals surface area contributed by atoms with E-state index in [1.54, 1.807) is 13.2 Å². The Labute approximate surface area is 126 Å². The van der Waals surface area contributed by atoms with Crippen molar-refractivity contribution in [1.29, 1.82) is 0 Å². The van der Waals surface area contributed by atoms with Crippen molar-refractivity contribution in [3.63, 3.8) is 0 Å². The van der Waals surface area contributed by atoms with Crippen LogP contribution < -0.4 is 10.5 Å². The van der Waals surface area contributed by atoms with Gasteiger partial charge in [0.25, 0.3) is 0 Å². The average Bonchev–Trinajstić information content (AvgIpc) is 2.41. The zero-order chi connectivity index (χ0) is 14.7. The highest BCUT2D eigenvalue weighted by Crippen LogP contribution is 2.28. The summed E-state index contributed by atoms with van der Waals surface area (Å²) < 4.78 is 19.9. The first-order valence-corrected chi connectivity index (χ1v) is 7.14. The molecule has 0 bridgehead atoms. The molecule has 0 spiro atoms. The molecule has 0 heterocycles. The Morgan fingerprint density at radius 2 is 2.00 bits per heavy atom. The Morgan fingerprint density at radius 1 is 1.25 bits per heavy atom. The summed E-state index contributed by atoms with van der Waals surface area (Å²) in [7, 11) is 1.61. The number of nitrogens with two attached hydrogens (primary N) is 1. The monoisotopic (exact) mass is 337 g/mol. The van der Waals surface area contributed by atoms with Crippen molar-refractivity contribution in [3.8, 4) is 5.75 Å². The molecule has 0 aliphatic rings. The Hall–Kier alpha value is -1.39. The van der Waals surface area contributed by atoms with Crippen LogP contribution in [0.25, 0.3) is 0 Å². The standard InChI is InChI=1S/C16H17BrFNO/c1-10-3-6-16(20-2)13(7-10)15(19)8-11-4-5-12(17)9-14(11)18/h3-7,9,15H,8,19H2,1-2H3. The molecule has 0 aromatic heterocycles. The smallest absolute Gasteiger partial charge is 0.127 e. The summed E-state index contributed by atoms with van der Waals surface area (Å²) >= 11 is 3.25. The molecule has 106 valence electrons. The van der Waals surface area contributed by atoms with Crippen molar-refractivity contribution in [3.05, 3.63) is 63.4 Å². The number of methoxy groups -OCH3 is 1. The lowest BCUT2D eigenvalue weighted by molar-refractivity contribution is 0.405. The third-order valence-electron chi connectivity index (χ3n) is 3.24. The fraction of sp³-hybridized carbons (Fsp3) is 0.250. The molecular weight excluding hydrogens is 321 g/mol. The van der Waals surface area contributed by atoms with Gasteiger partial charge >= 0.3 is 0 Å². The number of rotatable bonds is 4. The lowest BCUT2D eigenvalue weighted by Crippen LogP contribution is -2.15. The summed E-state index contributed by atoms with van der Waals surface area (Å²) in [5.41, 5.74) is 8.82. The van der Waals surface area contributed by atoms with Crippen LogP contribution in [0.2, 0.25) is 0 Å². The van der Waals surface area contributed by atoms with Gasteiger partial charge in [0.2, 0.25) is 0 Å². The summed E-state index contributed by atoms with van der Waals surface area (Å²) in [5.74, 6) is 0.488. The van der Waals surface area contributed by atoms with Gasteiger partial charge in [0.05, 0.1) is 7.11 Å². The number of aryl methyl sites for hydroxylation is 1. The molecule has 0 saturated carbocycles. The number of ether oxygens (including phenoxy) is 1. The predicted molar refractivity (Wildman–Crippen MR) is 82.5 cm³/mol. The molecule has 1 atom stereocenters. The van der Waals surface area contributed by atoms with Crippen LogP contribution in [0.5, 0.6) is 5.75 Å². The molecule has 0 amide bonds. The maximum absolute atomic E-state index is 13.9. The molecule has 2 nitrogen and oxygen atoms in total. The van der Waals surface area contributed by atoms with E-state index < -0.39 is 0 Å². The lowest BCUT2D eigenvalue weighted by Gasteiger charge is -2.17. The van der Waals surface area contributed by atoms with E-state index in [0.29, 0.717) is 12.0 Å². The third kappa shape index (κ3) is 3.38. The topological polar surface area (TPSA) is 35.2 Å². The summed E-state index contributed by atoms with van der Waals surface area (Å²) in [6, 6.07) is 10.6. The second-order valence-electron chi connectivity index (χ2n) is 4.79. The van der Waals surface area contributed by atoms with E-state index in [9.17, 15) is 4.39 Å². The molecule has 2 N–H and O–H groups in total. The van der Waals surface area contributed by atoms with Crippen molar-refractivity contribution in [2.45, 2.75) is 19.4 Å². The zero-order valence-corrected chi connectivity index (χ0v) is 13.1. The number of halogens is 2. The summed E-state index contributed by atoms with van der Waals surface area (Å²) in [5, 5.41) is 0. The highest BCUT2D eigenvalue weighted by atomic mass is 79.9. The number of hydrogen-bond acceptors (Lipinski definition) is 2. The van der Waals surface area contributed by atoms with E-state index in [4.69, 9.17) is 10.5 Å². The minimum Gasteiger partial charge on any atom is -0.496 e. The summed E-state index contributed by atoms with van der Waals surface area (Å²) in [6.07, 6.45) is 0.429. The molecular formula is C16H17BrFNO. The van der Waals surface area contributed by atoms with Gasteiger partial charge in [0, 0.05) is 16.1 Å². The summed E-state index contributed by atoms with van der Waals surface area (Å²) in [4.78, 5) is 0. The molecule has 1 unspecified atom stereocenters. The molecule has 0 saturated heterocycles. The molecule has 2 aromatic rings. The second kappa shape index (κ2) is 6.37. The van der Waals surface area contributed by atoms with E-state index in [1.165, 1.54) is 6.07 Å². The maximum Gasteiger partial charge on any atom is 0.127 e. The van der Waals surface area contributed by atoms with E-state index in [2.05, 4.69) is 15.9 Å². The quantitative estimate of drug-likeness (QED) is 0.909. The Bertz CT molecular complexity index is 615.